The Kier molecular flexibility index (Phi) is 3.28. The van der Waals surface area contributed by atoms with Crippen molar-refractivity contribution in [1.29, 1.82) is 0 Å². The Morgan fingerprint density at radius 2 is 2.25 bits per heavy atom. The molecule has 1 fully saturated rings. The third-order valence-electron chi connectivity index (χ3n) is 3.68. The maximum atomic E-state index is 11.4. The Hall–Kier alpha value is -2.14. The molecule has 1 saturated heterocycles. The summed E-state index contributed by atoms with van der Waals surface area (Å²) in [4.78, 5) is 22.4. The summed E-state index contributed by atoms with van der Waals surface area (Å²) in [6.07, 6.45) is 2.84. The fourth-order valence-electron chi connectivity index (χ4n) is 2.63. The summed E-state index contributed by atoms with van der Waals surface area (Å²) in [5.74, 6) is 0. The second-order valence-corrected chi connectivity index (χ2v) is 5.11. The minimum atomic E-state index is -0.348. The highest BCUT2D eigenvalue weighted by atomic mass is 16.4. The van der Waals surface area contributed by atoms with Gasteiger partial charge in [-0.05, 0) is 37.5 Å². The number of hydrogen-bond donors (Lipinski definition) is 1. The van der Waals surface area contributed by atoms with Crippen molar-refractivity contribution in [3.8, 4) is 0 Å². The molecule has 20 heavy (non-hydrogen) atoms. The highest BCUT2D eigenvalue weighted by molar-refractivity contribution is 5.83. The van der Waals surface area contributed by atoms with Crippen molar-refractivity contribution in [3.05, 3.63) is 40.2 Å². The minimum absolute atomic E-state index is 0.0878. The SMILES string of the molecule is Cc1cc(=O)oc2cc(NN3CCC[C@@H]3C=O)ccc12. The number of nitrogens with one attached hydrogen (secondary N) is 1. The van der Waals surface area contributed by atoms with Crippen molar-refractivity contribution in [2.24, 2.45) is 0 Å². The average Bonchev–Trinajstić information content (AvgIpc) is 2.85. The van der Waals surface area contributed by atoms with Gasteiger partial charge in [0.25, 0.3) is 0 Å². The molecule has 104 valence electrons. The number of carbonyl (C=O) groups is 1. The van der Waals surface area contributed by atoms with E-state index in [9.17, 15) is 9.59 Å². The van der Waals surface area contributed by atoms with Gasteiger partial charge in [0.15, 0.2) is 0 Å². The molecule has 0 radical (unpaired) electrons. The van der Waals surface area contributed by atoms with E-state index in [1.807, 2.05) is 24.1 Å². The molecule has 1 aliphatic rings. The van der Waals surface area contributed by atoms with Gasteiger partial charge in [-0.1, -0.05) is 0 Å². The molecule has 0 unspecified atom stereocenters. The monoisotopic (exact) mass is 272 g/mol. The summed E-state index contributed by atoms with van der Waals surface area (Å²) in [5, 5.41) is 2.84. The number of rotatable bonds is 3. The van der Waals surface area contributed by atoms with Gasteiger partial charge in [0.05, 0.1) is 11.7 Å². The van der Waals surface area contributed by atoms with Gasteiger partial charge in [0.1, 0.15) is 11.9 Å². The molecule has 2 aromatic rings. The van der Waals surface area contributed by atoms with Crippen LogP contribution >= 0.6 is 0 Å². The second-order valence-electron chi connectivity index (χ2n) is 5.11. The van der Waals surface area contributed by atoms with E-state index < -0.39 is 0 Å². The van der Waals surface area contributed by atoms with Crippen molar-refractivity contribution >= 4 is 22.9 Å². The normalized spacial score (nSPS) is 19.4. The number of aryl methyl sites for hydroxylation is 1. The largest absolute Gasteiger partial charge is 0.423 e. The number of aldehydes is 1. The third-order valence-corrected chi connectivity index (χ3v) is 3.68. The van der Waals surface area contributed by atoms with Crippen LogP contribution in [0.5, 0.6) is 0 Å². The molecule has 0 amide bonds. The Morgan fingerprint density at radius 1 is 1.40 bits per heavy atom. The predicted octanol–water partition coefficient (Wildman–Crippen LogP) is 2.09. The van der Waals surface area contributed by atoms with Crippen LogP contribution in [0.25, 0.3) is 11.0 Å². The van der Waals surface area contributed by atoms with Gasteiger partial charge >= 0.3 is 5.63 Å². The minimum Gasteiger partial charge on any atom is -0.423 e. The Balaban J connectivity index is 1.93. The molecular formula is C15H16N2O3. The summed E-state index contributed by atoms with van der Waals surface area (Å²) in [5.41, 5.74) is 5.14. The average molecular weight is 272 g/mol. The van der Waals surface area contributed by atoms with Crippen molar-refractivity contribution in [2.45, 2.75) is 25.8 Å². The van der Waals surface area contributed by atoms with E-state index in [0.29, 0.717) is 5.58 Å². The van der Waals surface area contributed by atoms with Crippen LogP contribution in [-0.2, 0) is 4.79 Å². The molecule has 0 bridgehead atoms. The molecule has 1 aromatic heterocycles. The zero-order chi connectivity index (χ0) is 14.1. The summed E-state index contributed by atoms with van der Waals surface area (Å²) in [6.45, 7) is 2.72. The number of nitrogens with zero attached hydrogens (tertiary/aromatic N) is 1. The first-order valence-corrected chi connectivity index (χ1v) is 6.70. The first-order chi connectivity index (χ1) is 9.67. The lowest BCUT2D eigenvalue weighted by atomic mass is 10.1. The highest BCUT2D eigenvalue weighted by Crippen LogP contribution is 2.23. The fourth-order valence-corrected chi connectivity index (χ4v) is 2.63. The molecule has 2 heterocycles. The van der Waals surface area contributed by atoms with E-state index in [-0.39, 0.29) is 11.7 Å². The van der Waals surface area contributed by atoms with Gasteiger partial charge in [-0.3, -0.25) is 0 Å². The number of fused-ring (bicyclic) bond motifs is 1. The maximum absolute atomic E-state index is 11.4. The molecule has 3 rings (SSSR count). The summed E-state index contributed by atoms with van der Waals surface area (Å²) in [7, 11) is 0. The Morgan fingerprint density at radius 3 is 3.05 bits per heavy atom. The van der Waals surface area contributed by atoms with Crippen LogP contribution in [0.1, 0.15) is 18.4 Å². The van der Waals surface area contributed by atoms with Crippen LogP contribution in [0.2, 0.25) is 0 Å². The molecular weight excluding hydrogens is 256 g/mol. The highest BCUT2D eigenvalue weighted by Gasteiger charge is 2.23. The van der Waals surface area contributed by atoms with Crippen LogP contribution in [0.15, 0.2) is 33.5 Å². The standard InChI is InChI=1S/C15H16N2O3/c1-10-7-15(19)20-14-8-11(4-5-13(10)14)16-17-6-2-3-12(17)9-18/h4-5,7-9,12,16H,2-3,6H2,1H3/t12-/m1/s1. The van der Waals surface area contributed by atoms with Gasteiger partial charge in [0.2, 0.25) is 0 Å². The molecule has 5 heteroatoms. The van der Waals surface area contributed by atoms with Gasteiger partial charge < -0.3 is 14.6 Å². The van der Waals surface area contributed by atoms with E-state index in [4.69, 9.17) is 4.42 Å². The van der Waals surface area contributed by atoms with Gasteiger partial charge in [-0.2, -0.15) is 0 Å². The molecule has 5 nitrogen and oxygen atoms in total. The summed E-state index contributed by atoms with van der Waals surface area (Å²) >= 11 is 0. The second kappa shape index (κ2) is 5.09. The van der Waals surface area contributed by atoms with E-state index in [1.165, 1.54) is 6.07 Å². The number of benzene rings is 1. The quantitative estimate of drug-likeness (QED) is 0.684. The van der Waals surface area contributed by atoms with Crippen LogP contribution in [0, 0.1) is 6.92 Å². The van der Waals surface area contributed by atoms with E-state index in [2.05, 4.69) is 5.43 Å². The van der Waals surface area contributed by atoms with Crippen molar-refractivity contribution in [3.63, 3.8) is 0 Å². The fraction of sp³-hybridized carbons (Fsp3) is 0.333. The lowest BCUT2D eigenvalue weighted by molar-refractivity contribution is -0.111. The number of carbonyl (C=O) groups excluding carboxylic acids is 1. The Labute approximate surface area is 116 Å². The zero-order valence-electron chi connectivity index (χ0n) is 11.3. The summed E-state index contributed by atoms with van der Waals surface area (Å²) < 4.78 is 5.22. The smallest absolute Gasteiger partial charge is 0.336 e. The molecule has 0 spiro atoms. The van der Waals surface area contributed by atoms with Crippen molar-refractivity contribution in [2.75, 3.05) is 12.0 Å². The first kappa shape index (κ1) is 12.9. The number of anilines is 1. The third kappa shape index (κ3) is 2.32. The summed E-state index contributed by atoms with van der Waals surface area (Å²) in [6, 6.07) is 7.04. The van der Waals surface area contributed by atoms with Crippen LogP contribution in [0.3, 0.4) is 0 Å². The van der Waals surface area contributed by atoms with E-state index in [1.54, 1.807) is 6.07 Å². The van der Waals surface area contributed by atoms with Crippen LogP contribution in [-0.4, -0.2) is 23.9 Å². The van der Waals surface area contributed by atoms with Crippen LogP contribution < -0.4 is 11.1 Å². The van der Waals surface area contributed by atoms with Gasteiger partial charge in [-0.15, -0.1) is 0 Å². The van der Waals surface area contributed by atoms with Gasteiger partial charge in [-0.25, -0.2) is 9.80 Å². The topological polar surface area (TPSA) is 62.6 Å². The molecule has 1 aromatic carbocycles. The molecule has 0 aliphatic carbocycles. The van der Waals surface area contributed by atoms with Crippen molar-refractivity contribution in [1.82, 2.24) is 5.01 Å². The maximum Gasteiger partial charge on any atom is 0.336 e. The predicted molar refractivity (Wildman–Crippen MR) is 76.6 cm³/mol. The van der Waals surface area contributed by atoms with Crippen LogP contribution in [0.4, 0.5) is 5.69 Å². The molecule has 1 atom stereocenters. The lowest BCUT2D eigenvalue weighted by Gasteiger charge is -2.22. The Bertz CT molecular complexity index is 708. The van der Waals surface area contributed by atoms with E-state index in [0.717, 1.165) is 42.3 Å². The van der Waals surface area contributed by atoms with E-state index >= 15 is 0 Å². The zero-order valence-corrected chi connectivity index (χ0v) is 11.3. The van der Waals surface area contributed by atoms with Gasteiger partial charge in [0, 0.05) is 24.1 Å². The molecule has 0 saturated carbocycles. The lowest BCUT2D eigenvalue weighted by Crippen LogP contribution is -2.35. The molecule has 1 aliphatic heterocycles. The number of hydrazine groups is 1. The molecule has 1 N–H and O–H groups in total. The van der Waals surface area contributed by atoms with Crippen molar-refractivity contribution < 1.29 is 9.21 Å². The number of hydrogen-bond acceptors (Lipinski definition) is 5. The first-order valence-electron chi connectivity index (χ1n) is 6.70.